The minimum atomic E-state index is -0.666. The normalized spacial score (nSPS) is 16.1. The van der Waals surface area contributed by atoms with Crippen molar-refractivity contribution < 1.29 is 14.5 Å². The van der Waals surface area contributed by atoms with E-state index in [1.165, 1.54) is 29.2 Å². The van der Waals surface area contributed by atoms with E-state index in [0.29, 0.717) is 41.2 Å². The smallest absolute Gasteiger partial charge is 0.271 e. The third-order valence-electron chi connectivity index (χ3n) is 4.67. The standard InChI is InChI=1S/C19H17Cl2N3O4/c1-11-4-6-13(24(27)28)10-16(11)22-18(25)17-3-2-8-23(17)19(26)12-5-7-14(20)15(21)9-12/h4-7,9-10,17H,2-3,8H2,1H3,(H,22,25). The monoisotopic (exact) mass is 421 g/mol. The predicted molar refractivity (Wildman–Crippen MR) is 107 cm³/mol. The Morgan fingerprint density at radius 3 is 2.61 bits per heavy atom. The maximum atomic E-state index is 12.8. The van der Waals surface area contributed by atoms with Crippen LogP contribution >= 0.6 is 23.2 Å². The first kappa shape index (κ1) is 20.1. The Morgan fingerprint density at radius 1 is 1.18 bits per heavy atom. The highest BCUT2D eigenvalue weighted by molar-refractivity contribution is 6.42. The zero-order valence-corrected chi connectivity index (χ0v) is 16.5. The number of rotatable bonds is 4. The highest BCUT2D eigenvalue weighted by atomic mass is 35.5. The summed E-state index contributed by atoms with van der Waals surface area (Å²) in [6, 6.07) is 8.17. The lowest BCUT2D eigenvalue weighted by Crippen LogP contribution is -2.43. The van der Waals surface area contributed by atoms with Crippen LogP contribution in [-0.2, 0) is 4.79 Å². The van der Waals surface area contributed by atoms with Gasteiger partial charge in [-0.1, -0.05) is 29.3 Å². The van der Waals surface area contributed by atoms with Crippen LogP contribution < -0.4 is 5.32 Å². The van der Waals surface area contributed by atoms with Crippen LogP contribution in [0.1, 0.15) is 28.8 Å². The first-order valence-corrected chi connectivity index (χ1v) is 9.35. The lowest BCUT2D eigenvalue weighted by molar-refractivity contribution is -0.384. The van der Waals surface area contributed by atoms with Crippen molar-refractivity contribution in [2.24, 2.45) is 0 Å². The van der Waals surface area contributed by atoms with Gasteiger partial charge in [-0.2, -0.15) is 0 Å². The van der Waals surface area contributed by atoms with Gasteiger partial charge < -0.3 is 10.2 Å². The first-order valence-electron chi connectivity index (χ1n) is 8.60. The fraction of sp³-hybridized carbons (Fsp3) is 0.263. The van der Waals surface area contributed by atoms with Gasteiger partial charge in [-0.25, -0.2) is 0 Å². The molecule has 0 spiro atoms. The van der Waals surface area contributed by atoms with Crippen molar-refractivity contribution in [2.75, 3.05) is 11.9 Å². The molecule has 28 heavy (non-hydrogen) atoms. The average Bonchev–Trinajstić information content (AvgIpc) is 3.15. The largest absolute Gasteiger partial charge is 0.327 e. The summed E-state index contributed by atoms with van der Waals surface area (Å²) >= 11 is 11.9. The molecule has 1 N–H and O–H groups in total. The molecule has 7 nitrogen and oxygen atoms in total. The van der Waals surface area contributed by atoms with E-state index >= 15 is 0 Å². The molecule has 9 heteroatoms. The molecule has 1 atom stereocenters. The van der Waals surface area contributed by atoms with Crippen LogP contribution in [0.15, 0.2) is 36.4 Å². The summed E-state index contributed by atoms with van der Waals surface area (Å²) in [4.78, 5) is 37.6. The molecule has 1 fully saturated rings. The number of carbonyl (C=O) groups excluding carboxylic acids is 2. The number of nitro benzene ring substituents is 1. The molecule has 0 bridgehead atoms. The lowest BCUT2D eigenvalue weighted by Gasteiger charge is -2.24. The van der Waals surface area contributed by atoms with Crippen molar-refractivity contribution in [3.63, 3.8) is 0 Å². The molecule has 0 aromatic heterocycles. The van der Waals surface area contributed by atoms with Gasteiger partial charge in [-0.05, 0) is 43.5 Å². The van der Waals surface area contributed by atoms with Crippen LogP contribution in [0, 0.1) is 17.0 Å². The molecule has 0 aliphatic carbocycles. The minimum Gasteiger partial charge on any atom is -0.327 e. The number of carbonyl (C=O) groups is 2. The summed E-state index contributed by atoms with van der Waals surface area (Å²) in [6.07, 6.45) is 1.19. The van der Waals surface area contributed by atoms with Gasteiger partial charge in [0, 0.05) is 24.2 Å². The number of non-ortho nitro benzene ring substituents is 1. The van der Waals surface area contributed by atoms with Gasteiger partial charge in [0.25, 0.3) is 11.6 Å². The van der Waals surface area contributed by atoms with Crippen molar-refractivity contribution in [2.45, 2.75) is 25.8 Å². The highest BCUT2D eigenvalue weighted by Crippen LogP contribution is 2.27. The third-order valence-corrected chi connectivity index (χ3v) is 5.41. The molecule has 0 radical (unpaired) electrons. The van der Waals surface area contributed by atoms with E-state index in [9.17, 15) is 19.7 Å². The topological polar surface area (TPSA) is 92.6 Å². The zero-order valence-electron chi connectivity index (χ0n) is 14.9. The van der Waals surface area contributed by atoms with Gasteiger partial charge in [-0.3, -0.25) is 19.7 Å². The maximum Gasteiger partial charge on any atom is 0.271 e. The number of hydrogen-bond donors (Lipinski definition) is 1. The van der Waals surface area contributed by atoms with Crippen molar-refractivity contribution in [1.82, 2.24) is 4.90 Å². The third kappa shape index (κ3) is 4.10. The van der Waals surface area contributed by atoms with Crippen LogP contribution in [0.3, 0.4) is 0 Å². The van der Waals surface area contributed by atoms with E-state index in [4.69, 9.17) is 23.2 Å². The summed E-state index contributed by atoms with van der Waals surface area (Å²) < 4.78 is 0. The van der Waals surface area contributed by atoms with Crippen LogP contribution in [0.2, 0.25) is 10.0 Å². The fourth-order valence-electron chi connectivity index (χ4n) is 3.15. The highest BCUT2D eigenvalue weighted by Gasteiger charge is 2.35. The van der Waals surface area contributed by atoms with Gasteiger partial charge in [0.1, 0.15) is 6.04 Å². The minimum absolute atomic E-state index is 0.115. The second-order valence-electron chi connectivity index (χ2n) is 6.53. The Bertz CT molecular complexity index is 964. The van der Waals surface area contributed by atoms with Crippen molar-refractivity contribution in [3.8, 4) is 0 Å². The SMILES string of the molecule is Cc1ccc([N+](=O)[O-])cc1NC(=O)C1CCCN1C(=O)c1ccc(Cl)c(Cl)c1. The molecule has 146 valence electrons. The Labute approximate surface area is 171 Å². The number of aryl methyl sites for hydroxylation is 1. The van der Waals surface area contributed by atoms with Gasteiger partial charge in [-0.15, -0.1) is 0 Å². The van der Waals surface area contributed by atoms with E-state index in [-0.39, 0.29) is 22.5 Å². The molecule has 1 aliphatic rings. The van der Waals surface area contributed by atoms with Crippen molar-refractivity contribution >= 4 is 46.4 Å². The van der Waals surface area contributed by atoms with E-state index in [2.05, 4.69) is 5.32 Å². The van der Waals surface area contributed by atoms with E-state index < -0.39 is 11.0 Å². The van der Waals surface area contributed by atoms with Crippen LogP contribution in [-0.4, -0.2) is 34.2 Å². The van der Waals surface area contributed by atoms with Crippen molar-refractivity contribution in [1.29, 1.82) is 0 Å². The number of amides is 2. The molecule has 1 saturated heterocycles. The number of likely N-dealkylation sites (tertiary alicyclic amines) is 1. The molecule has 1 heterocycles. The zero-order chi connectivity index (χ0) is 20.4. The van der Waals surface area contributed by atoms with Gasteiger partial charge >= 0.3 is 0 Å². The van der Waals surface area contributed by atoms with E-state index in [1.54, 1.807) is 19.1 Å². The number of nitrogens with zero attached hydrogens (tertiary/aromatic N) is 2. The Kier molecular flexibility index (Phi) is 5.86. The number of benzene rings is 2. The Hall–Kier alpha value is -2.64. The molecule has 2 aromatic rings. The quantitative estimate of drug-likeness (QED) is 0.582. The van der Waals surface area contributed by atoms with Gasteiger partial charge in [0.15, 0.2) is 0 Å². The van der Waals surface area contributed by atoms with E-state index in [1.807, 2.05) is 0 Å². The lowest BCUT2D eigenvalue weighted by atomic mass is 10.1. The first-order chi connectivity index (χ1) is 13.3. The molecule has 2 aromatic carbocycles. The Balaban J connectivity index is 1.79. The van der Waals surface area contributed by atoms with E-state index in [0.717, 1.165) is 0 Å². The fourth-order valence-corrected chi connectivity index (χ4v) is 3.45. The van der Waals surface area contributed by atoms with Crippen molar-refractivity contribution in [3.05, 3.63) is 67.7 Å². The summed E-state index contributed by atoms with van der Waals surface area (Å²) in [6.45, 7) is 2.18. The molecular weight excluding hydrogens is 405 g/mol. The predicted octanol–water partition coefficient (Wildman–Crippen LogP) is 4.45. The molecular formula is C19H17Cl2N3O4. The number of hydrogen-bond acceptors (Lipinski definition) is 4. The molecule has 2 amide bonds. The summed E-state index contributed by atoms with van der Waals surface area (Å²) in [7, 11) is 0. The average molecular weight is 422 g/mol. The molecule has 3 rings (SSSR count). The number of nitrogens with one attached hydrogen (secondary N) is 1. The van der Waals surface area contributed by atoms with Gasteiger partial charge in [0.2, 0.25) is 5.91 Å². The second kappa shape index (κ2) is 8.16. The second-order valence-corrected chi connectivity index (χ2v) is 7.35. The summed E-state index contributed by atoms with van der Waals surface area (Å²) in [5, 5.41) is 14.3. The molecule has 1 unspecified atom stereocenters. The van der Waals surface area contributed by atoms with Crippen LogP contribution in [0.4, 0.5) is 11.4 Å². The maximum absolute atomic E-state index is 12.8. The molecule has 0 saturated carbocycles. The van der Waals surface area contributed by atoms with Gasteiger partial charge in [0.05, 0.1) is 20.7 Å². The number of nitro groups is 1. The number of halogens is 2. The van der Waals surface area contributed by atoms with Crippen LogP contribution in [0.5, 0.6) is 0 Å². The van der Waals surface area contributed by atoms with Crippen LogP contribution in [0.25, 0.3) is 0 Å². The Morgan fingerprint density at radius 2 is 1.93 bits per heavy atom. The summed E-state index contributed by atoms with van der Waals surface area (Å²) in [5.74, 6) is -0.693. The molecule has 1 aliphatic heterocycles. The summed E-state index contributed by atoms with van der Waals surface area (Å²) in [5.41, 5.74) is 1.28. The number of anilines is 1.